The lowest BCUT2D eigenvalue weighted by molar-refractivity contribution is 1.04. The van der Waals surface area contributed by atoms with Gasteiger partial charge < -0.3 is 0 Å². The molecule has 0 radical (unpaired) electrons. The molecule has 0 N–H and O–H groups in total. The Labute approximate surface area is 188 Å². The van der Waals surface area contributed by atoms with Crippen LogP contribution in [0.5, 0.6) is 0 Å². The number of rotatable bonds is 5. The molecule has 30 heavy (non-hydrogen) atoms. The van der Waals surface area contributed by atoms with Crippen molar-refractivity contribution in [2.45, 2.75) is 0 Å². The number of thiazole rings is 2. The smallest absolute Gasteiger partial charge is 0.257 e. The van der Waals surface area contributed by atoms with Gasteiger partial charge >= 0.3 is 9.75 Å². The summed E-state index contributed by atoms with van der Waals surface area (Å²) in [6, 6.07) is 18.2. The van der Waals surface area contributed by atoms with E-state index < -0.39 is 0 Å². The second-order valence-corrected chi connectivity index (χ2v) is 8.58. The third kappa shape index (κ3) is 4.08. The fourth-order valence-corrected chi connectivity index (χ4v) is 4.95. The SMILES string of the molecule is O=c1sc(/C=N/N=C/c2sc(=O)n(-c3ccccc3)c2Cl)c(Cl)n1-c1ccccc1. The Morgan fingerprint density at radius 3 is 1.40 bits per heavy atom. The van der Waals surface area contributed by atoms with Gasteiger partial charge in [-0.05, 0) is 24.3 Å². The topological polar surface area (TPSA) is 68.7 Å². The molecule has 0 saturated heterocycles. The van der Waals surface area contributed by atoms with Crippen LogP contribution >= 0.6 is 45.9 Å². The molecule has 2 heterocycles. The Bertz CT molecular complexity index is 1250. The normalized spacial score (nSPS) is 11.7. The summed E-state index contributed by atoms with van der Waals surface area (Å²) in [4.78, 5) is 25.1. The zero-order valence-corrected chi connectivity index (χ0v) is 18.3. The Hall–Kier alpha value is -2.78. The van der Waals surface area contributed by atoms with Crippen molar-refractivity contribution in [1.29, 1.82) is 0 Å². The Balaban J connectivity index is 1.58. The van der Waals surface area contributed by atoms with E-state index >= 15 is 0 Å². The third-order valence-corrected chi connectivity index (χ3v) is 6.73. The monoisotopic (exact) mass is 474 g/mol. The van der Waals surface area contributed by atoms with Crippen LogP contribution in [0.3, 0.4) is 0 Å². The number of hydrogen-bond donors (Lipinski definition) is 0. The van der Waals surface area contributed by atoms with Gasteiger partial charge in [0.1, 0.15) is 10.3 Å². The molecular formula is C20H12Cl2N4O2S2. The molecule has 6 nitrogen and oxygen atoms in total. The fraction of sp³-hybridized carbons (Fsp3) is 0. The molecule has 0 fully saturated rings. The number of hydrogen-bond acceptors (Lipinski definition) is 6. The minimum atomic E-state index is -0.224. The minimum absolute atomic E-state index is 0.224. The average Bonchev–Trinajstić information content (AvgIpc) is 3.20. The molecule has 10 heteroatoms. The summed E-state index contributed by atoms with van der Waals surface area (Å²) in [6.07, 6.45) is 2.80. The van der Waals surface area contributed by atoms with Gasteiger partial charge in [0.25, 0.3) is 0 Å². The maximum absolute atomic E-state index is 12.3. The van der Waals surface area contributed by atoms with E-state index in [1.807, 2.05) is 36.4 Å². The average molecular weight is 475 g/mol. The van der Waals surface area contributed by atoms with E-state index in [0.717, 1.165) is 22.7 Å². The van der Waals surface area contributed by atoms with Crippen molar-refractivity contribution in [1.82, 2.24) is 9.13 Å². The van der Waals surface area contributed by atoms with Crippen molar-refractivity contribution in [3.63, 3.8) is 0 Å². The van der Waals surface area contributed by atoms with Crippen molar-refractivity contribution in [2.24, 2.45) is 10.2 Å². The first-order valence-electron chi connectivity index (χ1n) is 8.56. The van der Waals surface area contributed by atoms with Crippen LogP contribution < -0.4 is 9.75 Å². The summed E-state index contributed by atoms with van der Waals surface area (Å²) < 4.78 is 2.81. The Kier molecular flexibility index (Phi) is 6.10. The van der Waals surface area contributed by atoms with Crippen molar-refractivity contribution >= 4 is 58.3 Å². The molecule has 0 bridgehead atoms. The highest BCUT2D eigenvalue weighted by molar-refractivity contribution is 7.12. The molecule has 0 aliphatic rings. The predicted molar refractivity (Wildman–Crippen MR) is 125 cm³/mol. The second kappa shape index (κ2) is 8.93. The highest BCUT2D eigenvalue weighted by atomic mass is 35.5. The molecule has 0 unspecified atom stereocenters. The van der Waals surface area contributed by atoms with E-state index in [0.29, 0.717) is 21.1 Å². The molecule has 0 aliphatic carbocycles. The Morgan fingerprint density at radius 1 is 0.667 bits per heavy atom. The lowest BCUT2D eigenvalue weighted by atomic mass is 10.3. The fourth-order valence-electron chi connectivity index (χ4n) is 2.67. The molecule has 0 saturated carbocycles. The molecule has 2 aromatic carbocycles. The molecule has 2 aromatic heterocycles. The van der Waals surface area contributed by atoms with E-state index in [1.54, 1.807) is 24.3 Å². The summed E-state index contributed by atoms with van der Waals surface area (Å²) in [5, 5.41) is 8.42. The summed E-state index contributed by atoms with van der Waals surface area (Å²) in [7, 11) is 0. The van der Waals surface area contributed by atoms with Gasteiger partial charge in [-0.1, -0.05) is 82.3 Å². The largest absolute Gasteiger partial charge is 0.313 e. The van der Waals surface area contributed by atoms with E-state index in [4.69, 9.17) is 23.2 Å². The summed E-state index contributed by atoms with van der Waals surface area (Å²) in [5.41, 5.74) is 1.34. The van der Waals surface area contributed by atoms with E-state index in [-0.39, 0.29) is 20.1 Å². The van der Waals surface area contributed by atoms with E-state index in [2.05, 4.69) is 10.2 Å². The van der Waals surface area contributed by atoms with Gasteiger partial charge in [-0.3, -0.25) is 18.7 Å². The molecule has 0 spiro atoms. The third-order valence-electron chi connectivity index (χ3n) is 4.00. The predicted octanol–water partition coefficient (Wildman–Crippen LogP) is 4.87. The van der Waals surface area contributed by atoms with Crippen LogP contribution in [0, 0.1) is 0 Å². The van der Waals surface area contributed by atoms with Crippen LogP contribution in [0.2, 0.25) is 10.3 Å². The van der Waals surface area contributed by atoms with Crippen molar-refractivity contribution < 1.29 is 0 Å². The van der Waals surface area contributed by atoms with Crippen LogP contribution in [-0.2, 0) is 0 Å². The van der Waals surface area contributed by atoms with Gasteiger partial charge in [-0.15, -0.1) is 0 Å². The van der Waals surface area contributed by atoms with E-state index in [9.17, 15) is 9.59 Å². The zero-order chi connectivity index (χ0) is 21.1. The lowest BCUT2D eigenvalue weighted by Crippen LogP contribution is -2.10. The maximum Gasteiger partial charge on any atom is 0.313 e. The standard InChI is InChI=1S/C20H12Cl2N4O2S2/c21-17-15(29-19(27)25(17)13-7-3-1-4-8-13)11-23-24-12-16-18(22)26(20(28)30-16)14-9-5-2-6-10-14/h1-12H/b23-11+,24-12+. The quantitative estimate of drug-likeness (QED) is 0.305. The maximum atomic E-state index is 12.3. The molecule has 0 atom stereocenters. The van der Waals surface area contributed by atoms with Gasteiger partial charge in [0, 0.05) is 0 Å². The summed E-state index contributed by atoms with van der Waals surface area (Å²) in [6.45, 7) is 0. The van der Waals surface area contributed by atoms with Crippen LogP contribution in [0.25, 0.3) is 11.4 Å². The first-order chi connectivity index (χ1) is 14.6. The molecular weight excluding hydrogens is 463 g/mol. The lowest BCUT2D eigenvalue weighted by Gasteiger charge is -2.02. The van der Waals surface area contributed by atoms with Crippen molar-refractivity contribution in [2.75, 3.05) is 0 Å². The molecule has 0 aliphatic heterocycles. The first-order valence-corrected chi connectivity index (χ1v) is 10.9. The number of halogens is 2. The summed E-state index contributed by atoms with van der Waals surface area (Å²) >= 11 is 14.6. The van der Waals surface area contributed by atoms with Gasteiger partial charge in [0.15, 0.2) is 0 Å². The molecule has 4 rings (SSSR count). The number of para-hydroxylation sites is 2. The first kappa shape index (κ1) is 20.5. The van der Waals surface area contributed by atoms with E-state index in [1.165, 1.54) is 21.6 Å². The van der Waals surface area contributed by atoms with Crippen LogP contribution in [0.15, 0.2) is 80.5 Å². The van der Waals surface area contributed by atoms with Crippen LogP contribution in [0.1, 0.15) is 9.75 Å². The van der Waals surface area contributed by atoms with Crippen molar-refractivity contribution in [3.8, 4) is 11.4 Å². The minimum Gasteiger partial charge on any atom is -0.257 e. The zero-order valence-electron chi connectivity index (χ0n) is 15.1. The number of aromatic nitrogens is 2. The number of nitrogens with zero attached hydrogens (tertiary/aromatic N) is 4. The van der Waals surface area contributed by atoms with Gasteiger partial charge in [0.2, 0.25) is 0 Å². The van der Waals surface area contributed by atoms with Crippen LogP contribution in [-0.4, -0.2) is 21.6 Å². The highest BCUT2D eigenvalue weighted by Gasteiger charge is 2.14. The molecule has 150 valence electrons. The van der Waals surface area contributed by atoms with Crippen LogP contribution in [0.4, 0.5) is 0 Å². The molecule has 4 aromatic rings. The number of benzene rings is 2. The summed E-state index contributed by atoms with van der Waals surface area (Å²) in [5.74, 6) is 0. The molecule has 0 amide bonds. The highest BCUT2D eigenvalue weighted by Crippen LogP contribution is 2.22. The second-order valence-electron chi connectivity index (χ2n) is 5.88. The van der Waals surface area contributed by atoms with Gasteiger partial charge in [0.05, 0.1) is 33.6 Å². The Morgan fingerprint density at radius 2 is 1.03 bits per heavy atom. The van der Waals surface area contributed by atoms with Crippen molar-refractivity contribution in [3.05, 3.63) is 100 Å². The van der Waals surface area contributed by atoms with Gasteiger partial charge in [-0.25, -0.2) is 0 Å². The van der Waals surface area contributed by atoms with Gasteiger partial charge in [-0.2, -0.15) is 10.2 Å².